The Morgan fingerprint density at radius 2 is 1.76 bits per heavy atom. The fourth-order valence-electron chi connectivity index (χ4n) is 2.37. The average Bonchev–Trinajstić information content (AvgIpc) is 2.82. The predicted molar refractivity (Wildman–Crippen MR) is 94.9 cm³/mol. The number of nitrogens with zero attached hydrogens (tertiary/aromatic N) is 1. The van der Waals surface area contributed by atoms with Gasteiger partial charge in [0.1, 0.15) is 0 Å². The summed E-state index contributed by atoms with van der Waals surface area (Å²) in [5, 5.41) is 5.50. The quantitative estimate of drug-likeness (QED) is 0.708. The minimum Gasteiger partial charge on any atom is -0.378 e. The van der Waals surface area contributed by atoms with Gasteiger partial charge in [-0.1, -0.05) is 41.9 Å². The van der Waals surface area contributed by atoms with Gasteiger partial charge in [0.15, 0.2) is 0 Å². The van der Waals surface area contributed by atoms with Gasteiger partial charge >= 0.3 is 0 Å². The zero-order valence-corrected chi connectivity index (χ0v) is 13.6. The standard InChI is InChI=1S/C17H17ClN2S/c1-20(2)14-9-5-4-8-13(14)19-11-16-17(18)12-7-3-6-10-15(12)21-16/h3-10,19H,11H2,1-2H3. The molecule has 1 aromatic heterocycles. The number of para-hydroxylation sites is 2. The van der Waals surface area contributed by atoms with Crippen LogP contribution in [0, 0.1) is 0 Å². The van der Waals surface area contributed by atoms with Crippen molar-refractivity contribution < 1.29 is 0 Å². The van der Waals surface area contributed by atoms with E-state index in [1.165, 1.54) is 15.3 Å². The van der Waals surface area contributed by atoms with Gasteiger partial charge in [-0.2, -0.15) is 0 Å². The van der Waals surface area contributed by atoms with E-state index in [1.54, 1.807) is 11.3 Å². The van der Waals surface area contributed by atoms with Gasteiger partial charge < -0.3 is 10.2 Å². The number of hydrogen-bond acceptors (Lipinski definition) is 3. The van der Waals surface area contributed by atoms with Crippen molar-refractivity contribution in [3.63, 3.8) is 0 Å². The van der Waals surface area contributed by atoms with Crippen LogP contribution in [0.25, 0.3) is 10.1 Å². The van der Waals surface area contributed by atoms with Gasteiger partial charge in [-0.05, 0) is 18.2 Å². The number of nitrogens with one attached hydrogen (secondary N) is 1. The highest BCUT2D eigenvalue weighted by molar-refractivity contribution is 7.19. The first-order valence-electron chi connectivity index (χ1n) is 6.83. The van der Waals surface area contributed by atoms with Crippen LogP contribution >= 0.6 is 22.9 Å². The molecular weight excluding hydrogens is 300 g/mol. The van der Waals surface area contributed by atoms with Crippen molar-refractivity contribution in [3.8, 4) is 0 Å². The van der Waals surface area contributed by atoms with Crippen LogP contribution in [0.1, 0.15) is 4.88 Å². The molecule has 3 aromatic rings. The molecule has 0 saturated heterocycles. The van der Waals surface area contributed by atoms with E-state index in [2.05, 4.69) is 34.5 Å². The maximum atomic E-state index is 6.49. The first kappa shape index (κ1) is 14.2. The van der Waals surface area contributed by atoms with Gasteiger partial charge in [0.25, 0.3) is 0 Å². The number of anilines is 2. The predicted octanol–water partition coefficient (Wildman–Crippen LogP) is 5.23. The fourth-order valence-corrected chi connectivity index (χ4v) is 3.81. The van der Waals surface area contributed by atoms with Crippen LogP contribution in [0.2, 0.25) is 5.02 Å². The summed E-state index contributed by atoms with van der Waals surface area (Å²) < 4.78 is 1.24. The molecule has 1 N–H and O–H groups in total. The normalized spacial score (nSPS) is 10.8. The van der Waals surface area contributed by atoms with E-state index < -0.39 is 0 Å². The van der Waals surface area contributed by atoms with E-state index in [4.69, 9.17) is 11.6 Å². The van der Waals surface area contributed by atoms with Crippen LogP contribution in [-0.4, -0.2) is 14.1 Å². The largest absolute Gasteiger partial charge is 0.378 e. The van der Waals surface area contributed by atoms with Crippen molar-refractivity contribution >= 4 is 44.4 Å². The molecule has 0 fully saturated rings. The summed E-state index contributed by atoms with van der Waals surface area (Å²) in [7, 11) is 4.10. The lowest BCUT2D eigenvalue weighted by Crippen LogP contribution is -2.11. The zero-order valence-electron chi connectivity index (χ0n) is 12.1. The lowest BCUT2D eigenvalue weighted by Gasteiger charge is -2.18. The number of fused-ring (bicyclic) bond motifs is 1. The highest BCUT2D eigenvalue weighted by atomic mass is 35.5. The van der Waals surface area contributed by atoms with E-state index in [0.717, 1.165) is 22.6 Å². The molecule has 0 aliphatic rings. The van der Waals surface area contributed by atoms with Crippen LogP contribution in [0.3, 0.4) is 0 Å². The van der Waals surface area contributed by atoms with Crippen molar-refractivity contribution in [2.75, 3.05) is 24.3 Å². The Kier molecular flexibility index (Phi) is 4.04. The monoisotopic (exact) mass is 316 g/mol. The highest BCUT2D eigenvalue weighted by Gasteiger charge is 2.10. The third kappa shape index (κ3) is 2.85. The summed E-state index contributed by atoms with van der Waals surface area (Å²) in [4.78, 5) is 3.28. The fraction of sp³-hybridized carbons (Fsp3) is 0.176. The molecule has 4 heteroatoms. The van der Waals surface area contributed by atoms with Crippen molar-refractivity contribution in [3.05, 3.63) is 58.4 Å². The van der Waals surface area contributed by atoms with Crippen molar-refractivity contribution in [2.24, 2.45) is 0 Å². The SMILES string of the molecule is CN(C)c1ccccc1NCc1sc2ccccc2c1Cl. The molecular formula is C17H17ClN2S. The lowest BCUT2D eigenvalue weighted by atomic mass is 10.2. The minimum atomic E-state index is 0.739. The molecule has 0 unspecified atom stereocenters. The molecule has 0 atom stereocenters. The molecule has 0 aliphatic heterocycles. The molecule has 0 spiro atoms. The number of benzene rings is 2. The van der Waals surface area contributed by atoms with Gasteiger partial charge in [0.05, 0.1) is 22.9 Å². The van der Waals surface area contributed by atoms with Crippen LogP contribution in [-0.2, 0) is 6.54 Å². The number of halogens is 1. The second-order valence-electron chi connectivity index (χ2n) is 5.10. The smallest absolute Gasteiger partial charge is 0.0642 e. The molecule has 0 bridgehead atoms. The van der Waals surface area contributed by atoms with Gasteiger partial charge in [-0.15, -0.1) is 11.3 Å². The van der Waals surface area contributed by atoms with Crippen molar-refractivity contribution in [1.82, 2.24) is 0 Å². The molecule has 21 heavy (non-hydrogen) atoms. The maximum Gasteiger partial charge on any atom is 0.0642 e. The second-order valence-corrected chi connectivity index (χ2v) is 6.62. The number of thiophene rings is 1. The molecule has 108 valence electrons. The van der Waals surface area contributed by atoms with Crippen molar-refractivity contribution in [2.45, 2.75) is 6.54 Å². The van der Waals surface area contributed by atoms with E-state index >= 15 is 0 Å². The molecule has 2 aromatic carbocycles. The first-order valence-corrected chi connectivity index (χ1v) is 8.02. The average molecular weight is 317 g/mol. The van der Waals surface area contributed by atoms with Crippen LogP contribution < -0.4 is 10.2 Å². The zero-order chi connectivity index (χ0) is 14.8. The molecule has 0 amide bonds. The first-order chi connectivity index (χ1) is 10.2. The Morgan fingerprint density at radius 3 is 2.52 bits per heavy atom. The summed E-state index contributed by atoms with van der Waals surface area (Å²) in [6.45, 7) is 0.739. The molecule has 0 aliphatic carbocycles. The van der Waals surface area contributed by atoms with Gasteiger partial charge in [-0.25, -0.2) is 0 Å². The van der Waals surface area contributed by atoms with Gasteiger partial charge in [-0.3, -0.25) is 0 Å². The van der Waals surface area contributed by atoms with Gasteiger partial charge in [0.2, 0.25) is 0 Å². The van der Waals surface area contributed by atoms with Crippen LogP contribution in [0.5, 0.6) is 0 Å². The summed E-state index contributed by atoms with van der Waals surface area (Å²) in [6, 6.07) is 16.6. The van der Waals surface area contributed by atoms with Crippen LogP contribution in [0.4, 0.5) is 11.4 Å². The molecule has 1 heterocycles. The Balaban J connectivity index is 1.85. The topological polar surface area (TPSA) is 15.3 Å². The summed E-state index contributed by atoms with van der Waals surface area (Å²) in [5.74, 6) is 0. The molecule has 0 saturated carbocycles. The van der Waals surface area contributed by atoms with E-state index in [-0.39, 0.29) is 0 Å². The van der Waals surface area contributed by atoms with E-state index in [9.17, 15) is 0 Å². The maximum absolute atomic E-state index is 6.49. The summed E-state index contributed by atoms with van der Waals surface area (Å²) in [6.07, 6.45) is 0. The summed E-state index contributed by atoms with van der Waals surface area (Å²) >= 11 is 8.24. The number of hydrogen-bond donors (Lipinski definition) is 1. The second kappa shape index (κ2) is 5.96. The lowest BCUT2D eigenvalue weighted by molar-refractivity contribution is 1.11. The third-order valence-electron chi connectivity index (χ3n) is 3.43. The Labute approximate surface area is 134 Å². The Hall–Kier alpha value is -1.71. The van der Waals surface area contributed by atoms with Crippen molar-refractivity contribution in [1.29, 1.82) is 0 Å². The Bertz CT molecular complexity index is 764. The molecule has 0 radical (unpaired) electrons. The van der Waals surface area contributed by atoms with Gasteiger partial charge in [0, 0.05) is 29.1 Å². The molecule has 2 nitrogen and oxygen atoms in total. The molecule has 3 rings (SSSR count). The van der Waals surface area contributed by atoms with Crippen LogP contribution in [0.15, 0.2) is 48.5 Å². The highest BCUT2D eigenvalue weighted by Crippen LogP contribution is 2.36. The van der Waals surface area contributed by atoms with E-state index in [1.807, 2.05) is 38.4 Å². The third-order valence-corrected chi connectivity index (χ3v) is 5.14. The minimum absolute atomic E-state index is 0.739. The Morgan fingerprint density at radius 1 is 1.05 bits per heavy atom. The number of rotatable bonds is 4. The van der Waals surface area contributed by atoms with E-state index in [0.29, 0.717) is 0 Å². The summed E-state index contributed by atoms with van der Waals surface area (Å²) in [5.41, 5.74) is 2.30.